The molecule has 18 heavy (non-hydrogen) atoms. The van der Waals surface area contributed by atoms with Crippen LogP contribution < -0.4 is 0 Å². The maximum absolute atomic E-state index is 11.3. The molecule has 106 valence electrons. The zero-order valence-corrected chi connectivity index (χ0v) is 12.2. The highest BCUT2D eigenvalue weighted by Crippen LogP contribution is 2.12. The van der Waals surface area contributed by atoms with Gasteiger partial charge in [-0.05, 0) is 19.8 Å². The largest absolute Gasteiger partial charge is 0.466 e. The van der Waals surface area contributed by atoms with Crippen molar-refractivity contribution in [3.63, 3.8) is 0 Å². The Morgan fingerprint density at radius 2 is 1.72 bits per heavy atom. The van der Waals surface area contributed by atoms with Crippen molar-refractivity contribution in [1.82, 2.24) is 9.80 Å². The molecule has 0 aliphatic carbocycles. The van der Waals surface area contributed by atoms with Crippen LogP contribution in [0, 0.1) is 0 Å². The number of nitrogens with zero attached hydrogens (tertiary/aromatic N) is 2. The predicted molar refractivity (Wildman–Crippen MR) is 73.6 cm³/mol. The number of hydrogen-bond donors (Lipinski definition) is 0. The molecular formula is C14H28N2O2. The van der Waals surface area contributed by atoms with Gasteiger partial charge < -0.3 is 9.64 Å². The summed E-state index contributed by atoms with van der Waals surface area (Å²) in [4.78, 5) is 16.2. The van der Waals surface area contributed by atoms with Crippen molar-refractivity contribution in [3.8, 4) is 0 Å². The molecule has 0 N–H and O–H groups in total. The minimum Gasteiger partial charge on any atom is -0.466 e. The molecule has 1 rings (SSSR count). The second-order valence-electron chi connectivity index (χ2n) is 4.90. The van der Waals surface area contributed by atoms with Gasteiger partial charge in [0, 0.05) is 38.8 Å². The molecule has 0 saturated carbocycles. The molecule has 0 aromatic rings. The van der Waals surface area contributed by atoms with Gasteiger partial charge in [-0.15, -0.1) is 0 Å². The predicted octanol–water partition coefficient (Wildman–Crippen LogP) is 1.75. The molecule has 4 nitrogen and oxygen atoms in total. The van der Waals surface area contributed by atoms with Crippen molar-refractivity contribution in [2.24, 2.45) is 0 Å². The van der Waals surface area contributed by atoms with Gasteiger partial charge in [0.15, 0.2) is 0 Å². The van der Waals surface area contributed by atoms with Gasteiger partial charge in [0.05, 0.1) is 13.0 Å². The Hall–Kier alpha value is -0.610. The monoisotopic (exact) mass is 256 g/mol. The van der Waals surface area contributed by atoms with E-state index in [1.165, 1.54) is 12.8 Å². The number of ether oxygens (including phenoxy) is 1. The fourth-order valence-electron chi connectivity index (χ4n) is 2.64. The number of rotatable bonds is 7. The normalized spacial score (nSPS) is 18.2. The molecule has 0 aromatic carbocycles. The lowest BCUT2D eigenvalue weighted by molar-refractivity contribution is -0.143. The SMILES string of the molecule is CCOC(=O)CCN1CCN(C(CC)CC)CC1. The van der Waals surface area contributed by atoms with E-state index in [9.17, 15) is 4.79 Å². The minimum absolute atomic E-state index is 0.0695. The van der Waals surface area contributed by atoms with Crippen LogP contribution in [0.15, 0.2) is 0 Å². The molecule has 0 radical (unpaired) electrons. The van der Waals surface area contributed by atoms with E-state index in [4.69, 9.17) is 4.74 Å². The molecule has 0 atom stereocenters. The minimum atomic E-state index is -0.0695. The van der Waals surface area contributed by atoms with Crippen LogP contribution >= 0.6 is 0 Å². The Kier molecular flexibility index (Phi) is 7.28. The van der Waals surface area contributed by atoms with Crippen molar-refractivity contribution in [3.05, 3.63) is 0 Å². The van der Waals surface area contributed by atoms with Gasteiger partial charge in [-0.2, -0.15) is 0 Å². The quantitative estimate of drug-likeness (QED) is 0.650. The summed E-state index contributed by atoms with van der Waals surface area (Å²) >= 11 is 0. The molecule has 0 bridgehead atoms. The van der Waals surface area contributed by atoms with Crippen molar-refractivity contribution < 1.29 is 9.53 Å². The molecule has 0 amide bonds. The Labute approximate surface area is 111 Å². The van der Waals surface area contributed by atoms with E-state index < -0.39 is 0 Å². The highest BCUT2D eigenvalue weighted by Gasteiger charge is 2.21. The maximum Gasteiger partial charge on any atom is 0.307 e. The van der Waals surface area contributed by atoms with E-state index in [0.717, 1.165) is 38.8 Å². The average Bonchev–Trinajstić information content (AvgIpc) is 2.39. The number of piperazine rings is 1. The summed E-state index contributed by atoms with van der Waals surface area (Å²) in [6.45, 7) is 12.1. The second kappa shape index (κ2) is 8.48. The lowest BCUT2D eigenvalue weighted by atomic mass is 10.1. The van der Waals surface area contributed by atoms with Gasteiger partial charge in [-0.25, -0.2) is 0 Å². The zero-order chi connectivity index (χ0) is 13.4. The third-order valence-corrected chi connectivity index (χ3v) is 3.80. The third-order valence-electron chi connectivity index (χ3n) is 3.80. The molecule has 1 heterocycles. The molecule has 0 aromatic heterocycles. The molecule has 1 aliphatic rings. The van der Waals surface area contributed by atoms with Crippen LogP contribution in [0.2, 0.25) is 0 Å². The lowest BCUT2D eigenvalue weighted by Crippen LogP contribution is -2.50. The highest BCUT2D eigenvalue weighted by molar-refractivity contribution is 5.69. The Bertz CT molecular complexity index is 234. The van der Waals surface area contributed by atoms with Crippen molar-refractivity contribution >= 4 is 5.97 Å². The first-order chi connectivity index (χ1) is 8.71. The number of hydrogen-bond acceptors (Lipinski definition) is 4. The lowest BCUT2D eigenvalue weighted by Gasteiger charge is -2.38. The summed E-state index contributed by atoms with van der Waals surface area (Å²) in [5.74, 6) is -0.0695. The topological polar surface area (TPSA) is 32.8 Å². The van der Waals surface area contributed by atoms with Crippen molar-refractivity contribution in [2.75, 3.05) is 39.3 Å². The summed E-state index contributed by atoms with van der Waals surface area (Å²) in [5.41, 5.74) is 0. The van der Waals surface area contributed by atoms with Crippen LogP contribution in [0.4, 0.5) is 0 Å². The summed E-state index contributed by atoms with van der Waals surface area (Å²) in [7, 11) is 0. The third kappa shape index (κ3) is 4.94. The first kappa shape index (κ1) is 15.4. The Morgan fingerprint density at radius 1 is 1.11 bits per heavy atom. The molecule has 1 saturated heterocycles. The molecular weight excluding hydrogens is 228 g/mol. The van der Waals surface area contributed by atoms with Crippen molar-refractivity contribution in [2.45, 2.75) is 46.1 Å². The van der Waals surface area contributed by atoms with Crippen LogP contribution in [0.3, 0.4) is 0 Å². The van der Waals surface area contributed by atoms with Gasteiger partial charge in [-0.3, -0.25) is 9.69 Å². The van der Waals surface area contributed by atoms with Crippen LogP contribution in [-0.2, 0) is 9.53 Å². The van der Waals surface area contributed by atoms with E-state index in [1.807, 2.05) is 6.92 Å². The summed E-state index contributed by atoms with van der Waals surface area (Å²) < 4.78 is 4.95. The van der Waals surface area contributed by atoms with Gasteiger partial charge in [0.25, 0.3) is 0 Å². The van der Waals surface area contributed by atoms with Crippen LogP contribution in [-0.4, -0.2) is 61.1 Å². The van der Waals surface area contributed by atoms with Crippen LogP contribution in [0.1, 0.15) is 40.0 Å². The molecule has 4 heteroatoms. The molecule has 0 unspecified atom stereocenters. The summed E-state index contributed by atoms with van der Waals surface area (Å²) in [6, 6.07) is 0.734. The summed E-state index contributed by atoms with van der Waals surface area (Å²) in [5, 5.41) is 0. The van der Waals surface area contributed by atoms with Gasteiger partial charge in [0.2, 0.25) is 0 Å². The molecule has 0 spiro atoms. The Morgan fingerprint density at radius 3 is 2.22 bits per heavy atom. The first-order valence-electron chi connectivity index (χ1n) is 7.33. The molecule has 1 aliphatic heterocycles. The van der Waals surface area contributed by atoms with E-state index in [1.54, 1.807) is 0 Å². The molecule has 1 fully saturated rings. The fraction of sp³-hybridized carbons (Fsp3) is 0.929. The second-order valence-corrected chi connectivity index (χ2v) is 4.90. The number of carbonyl (C=O) groups is 1. The van der Waals surface area contributed by atoms with Gasteiger partial charge in [-0.1, -0.05) is 13.8 Å². The summed E-state index contributed by atoms with van der Waals surface area (Å²) in [6.07, 6.45) is 3.00. The number of carbonyl (C=O) groups excluding carboxylic acids is 1. The van der Waals surface area contributed by atoms with E-state index in [2.05, 4.69) is 23.6 Å². The maximum atomic E-state index is 11.3. The van der Waals surface area contributed by atoms with Crippen molar-refractivity contribution in [1.29, 1.82) is 0 Å². The average molecular weight is 256 g/mol. The fourth-order valence-corrected chi connectivity index (χ4v) is 2.64. The Balaban J connectivity index is 2.21. The standard InChI is InChI=1S/C14H28N2O2/c1-4-13(5-2)16-11-9-15(10-12-16)8-7-14(17)18-6-3/h13H,4-12H2,1-3H3. The number of esters is 1. The van der Waals surface area contributed by atoms with Gasteiger partial charge >= 0.3 is 5.97 Å². The zero-order valence-electron chi connectivity index (χ0n) is 12.2. The first-order valence-corrected chi connectivity index (χ1v) is 7.33. The van der Waals surface area contributed by atoms with E-state index >= 15 is 0 Å². The van der Waals surface area contributed by atoms with E-state index in [-0.39, 0.29) is 5.97 Å². The van der Waals surface area contributed by atoms with Gasteiger partial charge in [0.1, 0.15) is 0 Å². The smallest absolute Gasteiger partial charge is 0.307 e. The highest BCUT2D eigenvalue weighted by atomic mass is 16.5. The van der Waals surface area contributed by atoms with Crippen LogP contribution in [0.5, 0.6) is 0 Å². The van der Waals surface area contributed by atoms with Crippen LogP contribution in [0.25, 0.3) is 0 Å². The van der Waals surface area contributed by atoms with E-state index in [0.29, 0.717) is 13.0 Å².